The summed E-state index contributed by atoms with van der Waals surface area (Å²) in [5.74, 6) is 0.162. The number of para-hydroxylation sites is 1. The third-order valence-electron chi connectivity index (χ3n) is 3.17. The Bertz CT molecular complexity index is 626. The molecule has 2 rings (SSSR count). The quantitative estimate of drug-likeness (QED) is 0.757. The number of nitrogens with zero attached hydrogens (tertiary/aromatic N) is 2. The minimum Gasteiger partial charge on any atom is -0.359 e. The van der Waals surface area contributed by atoms with Crippen LogP contribution in [-0.2, 0) is 5.88 Å². The number of hydrogen-bond acceptors (Lipinski definition) is 2. The van der Waals surface area contributed by atoms with Crippen molar-refractivity contribution in [2.45, 2.75) is 31.9 Å². The Hall–Kier alpha value is -1.49. The van der Waals surface area contributed by atoms with Crippen LogP contribution >= 0.6 is 11.6 Å². The highest BCUT2D eigenvalue weighted by Crippen LogP contribution is 2.31. The average Bonchev–Trinajstić information content (AvgIpc) is 2.42. The second-order valence-electron chi connectivity index (χ2n) is 5.12. The molecule has 6 heteroatoms. The predicted octanol–water partition coefficient (Wildman–Crippen LogP) is 4.75. The van der Waals surface area contributed by atoms with E-state index in [-0.39, 0.29) is 11.9 Å². The maximum Gasteiger partial charge on any atom is 0.405 e. The van der Waals surface area contributed by atoms with Crippen LogP contribution < -0.4 is 4.90 Å². The third kappa shape index (κ3) is 3.79. The van der Waals surface area contributed by atoms with Crippen molar-refractivity contribution in [3.63, 3.8) is 0 Å². The summed E-state index contributed by atoms with van der Waals surface area (Å²) in [4.78, 5) is 5.69. The molecule has 2 aromatic rings. The van der Waals surface area contributed by atoms with Crippen LogP contribution in [0.5, 0.6) is 0 Å². The fraction of sp³-hybridized carbons (Fsp3) is 0.400. The normalized spacial score (nSPS) is 12.1. The predicted molar refractivity (Wildman–Crippen MR) is 79.8 cm³/mol. The summed E-state index contributed by atoms with van der Waals surface area (Å²) in [6, 6.07) is 8.50. The van der Waals surface area contributed by atoms with E-state index in [2.05, 4.69) is 4.98 Å². The number of pyridine rings is 1. The number of rotatable bonds is 4. The van der Waals surface area contributed by atoms with Crippen molar-refractivity contribution in [3.8, 4) is 0 Å². The molecule has 0 spiro atoms. The van der Waals surface area contributed by atoms with Gasteiger partial charge in [-0.15, -0.1) is 11.6 Å². The fourth-order valence-corrected chi connectivity index (χ4v) is 2.39. The number of halogens is 4. The summed E-state index contributed by atoms with van der Waals surface area (Å²) in [5, 5.41) is 0.698. The van der Waals surface area contributed by atoms with Gasteiger partial charge in [0.1, 0.15) is 6.54 Å². The molecule has 1 aromatic heterocycles. The van der Waals surface area contributed by atoms with Gasteiger partial charge in [-0.25, -0.2) is 0 Å². The first-order chi connectivity index (χ1) is 9.81. The van der Waals surface area contributed by atoms with Crippen LogP contribution in [0.4, 0.5) is 18.9 Å². The summed E-state index contributed by atoms with van der Waals surface area (Å²) < 4.78 is 38.6. The molecule has 2 nitrogen and oxygen atoms in total. The van der Waals surface area contributed by atoms with Gasteiger partial charge in [0.25, 0.3) is 0 Å². The molecule has 114 valence electrons. The number of aromatic nitrogens is 1. The summed E-state index contributed by atoms with van der Waals surface area (Å²) in [7, 11) is 0. The lowest BCUT2D eigenvalue weighted by Gasteiger charge is -2.31. The van der Waals surface area contributed by atoms with Crippen molar-refractivity contribution in [2.24, 2.45) is 0 Å². The van der Waals surface area contributed by atoms with E-state index in [9.17, 15) is 13.2 Å². The van der Waals surface area contributed by atoms with Crippen molar-refractivity contribution in [2.75, 3.05) is 11.4 Å². The van der Waals surface area contributed by atoms with E-state index in [0.717, 1.165) is 0 Å². The van der Waals surface area contributed by atoms with Gasteiger partial charge in [0.05, 0.1) is 17.1 Å². The average molecular weight is 317 g/mol. The molecule has 0 saturated carbocycles. The highest BCUT2D eigenvalue weighted by atomic mass is 35.5. The number of hydrogen-bond donors (Lipinski definition) is 0. The molecule has 0 aliphatic heterocycles. The summed E-state index contributed by atoms with van der Waals surface area (Å²) in [6.07, 6.45) is -4.27. The smallest absolute Gasteiger partial charge is 0.359 e. The van der Waals surface area contributed by atoms with Gasteiger partial charge in [-0.1, -0.05) is 18.2 Å². The Labute approximate surface area is 126 Å². The highest BCUT2D eigenvalue weighted by molar-refractivity contribution is 6.17. The second-order valence-corrected chi connectivity index (χ2v) is 5.39. The molecule has 1 aromatic carbocycles. The standard InChI is InChI=1S/C15H16ClF3N2/c1-10(2)21(9-15(17,18)19)14-7-11(8-16)20-13-6-4-3-5-12(13)14/h3-7,10H,8-9H2,1-2H3. The van der Waals surface area contributed by atoms with Crippen LogP contribution in [0.25, 0.3) is 10.9 Å². The van der Waals surface area contributed by atoms with Gasteiger partial charge >= 0.3 is 6.18 Å². The van der Waals surface area contributed by atoms with E-state index >= 15 is 0 Å². The molecule has 0 unspecified atom stereocenters. The first kappa shape index (κ1) is 15.9. The van der Waals surface area contributed by atoms with Gasteiger partial charge in [-0.05, 0) is 26.0 Å². The van der Waals surface area contributed by atoms with Gasteiger partial charge in [-0.3, -0.25) is 4.98 Å². The zero-order valence-corrected chi connectivity index (χ0v) is 12.5. The Balaban J connectivity index is 2.60. The van der Waals surface area contributed by atoms with Crippen molar-refractivity contribution in [3.05, 3.63) is 36.0 Å². The number of alkyl halides is 4. The lowest BCUT2D eigenvalue weighted by atomic mass is 10.1. The van der Waals surface area contributed by atoms with E-state index in [1.165, 1.54) is 4.90 Å². The molecule has 21 heavy (non-hydrogen) atoms. The summed E-state index contributed by atoms with van der Waals surface area (Å²) >= 11 is 5.81. The lowest BCUT2D eigenvalue weighted by molar-refractivity contribution is -0.120. The largest absolute Gasteiger partial charge is 0.405 e. The zero-order valence-electron chi connectivity index (χ0n) is 11.8. The molecule has 0 aliphatic rings. The Morgan fingerprint density at radius 3 is 2.48 bits per heavy atom. The van der Waals surface area contributed by atoms with E-state index in [0.29, 0.717) is 22.3 Å². The van der Waals surface area contributed by atoms with Gasteiger partial charge in [0.15, 0.2) is 0 Å². The molecular formula is C15H16ClF3N2. The molecule has 0 radical (unpaired) electrons. The minimum atomic E-state index is -4.27. The van der Waals surface area contributed by atoms with Gasteiger partial charge in [0.2, 0.25) is 0 Å². The van der Waals surface area contributed by atoms with Crippen LogP contribution in [0.1, 0.15) is 19.5 Å². The van der Waals surface area contributed by atoms with E-state index in [1.807, 2.05) is 0 Å². The molecule has 0 N–H and O–H groups in total. The van der Waals surface area contributed by atoms with E-state index < -0.39 is 12.7 Å². The van der Waals surface area contributed by atoms with Crippen LogP contribution in [-0.4, -0.2) is 23.7 Å². The molecular weight excluding hydrogens is 301 g/mol. The topological polar surface area (TPSA) is 16.1 Å². The first-order valence-electron chi connectivity index (χ1n) is 6.60. The molecule has 0 bridgehead atoms. The second kappa shape index (κ2) is 6.10. The number of fused-ring (bicyclic) bond motifs is 1. The van der Waals surface area contributed by atoms with Crippen LogP contribution in [0, 0.1) is 0 Å². The maximum absolute atomic E-state index is 12.9. The monoisotopic (exact) mass is 316 g/mol. The maximum atomic E-state index is 12.9. The fourth-order valence-electron chi connectivity index (χ4n) is 2.26. The van der Waals surface area contributed by atoms with Crippen molar-refractivity contribution >= 4 is 28.2 Å². The van der Waals surface area contributed by atoms with E-state index in [4.69, 9.17) is 11.6 Å². The Morgan fingerprint density at radius 2 is 1.90 bits per heavy atom. The summed E-state index contributed by atoms with van der Waals surface area (Å²) in [6.45, 7) is 2.48. The van der Waals surface area contributed by atoms with Gasteiger partial charge in [-0.2, -0.15) is 13.2 Å². The van der Waals surface area contributed by atoms with Crippen molar-refractivity contribution < 1.29 is 13.2 Å². The summed E-state index contributed by atoms with van der Waals surface area (Å²) in [5.41, 5.74) is 1.74. The number of anilines is 1. The molecule has 0 amide bonds. The third-order valence-corrected chi connectivity index (χ3v) is 3.44. The molecule has 0 atom stereocenters. The highest BCUT2D eigenvalue weighted by Gasteiger charge is 2.32. The molecule has 0 saturated heterocycles. The Kier molecular flexibility index (Phi) is 4.61. The van der Waals surface area contributed by atoms with E-state index in [1.54, 1.807) is 44.2 Å². The minimum absolute atomic E-state index is 0.162. The molecule has 0 aliphatic carbocycles. The Morgan fingerprint density at radius 1 is 1.24 bits per heavy atom. The van der Waals surface area contributed by atoms with Crippen molar-refractivity contribution in [1.82, 2.24) is 4.98 Å². The number of benzene rings is 1. The van der Waals surface area contributed by atoms with Crippen LogP contribution in [0.15, 0.2) is 30.3 Å². The zero-order chi connectivity index (χ0) is 15.6. The van der Waals surface area contributed by atoms with Gasteiger partial charge in [0, 0.05) is 17.1 Å². The van der Waals surface area contributed by atoms with Crippen molar-refractivity contribution in [1.29, 1.82) is 0 Å². The molecule has 1 heterocycles. The van der Waals surface area contributed by atoms with Crippen LogP contribution in [0.3, 0.4) is 0 Å². The van der Waals surface area contributed by atoms with Gasteiger partial charge < -0.3 is 4.90 Å². The lowest BCUT2D eigenvalue weighted by Crippen LogP contribution is -2.39. The molecule has 0 fully saturated rings. The SMILES string of the molecule is CC(C)N(CC(F)(F)F)c1cc(CCl)nc2ccccc12. The van der Waals surface area contributed by atoms with Crippen LogP contribution in [0.2, 0.25) is 0 Å². The first-order valence-corrected chi connectivity index (χ1v) is 7.13.